The fraction of sp³-hybridized carbons (Fsp3) is 0.0667. The van der Waals surface area contributed by atoms with Crippen LogP contribution in [0.3, 0.4) is 0 Å². The monoisotopic (exact) mass is 346 g/mol. The maximum absolute atomic E-state index is 13.0. The summed E-state index contributed by atoms with van der Waals surface area (Å²) in [5.41, 5.74) is 1.15. The lowest BCUT2D eigenvalue weighted by atomic mass is 10.1. The van der Waals surface area contributed by atoms with Gasteiger partial charge in [0.1, 0.15) is 11.5 Å². The molecule has 0 amide bonds. The normalized spacial score (nSPS) is 10.6. The maximum atomic E-state index is 13.0. The number of nitrogens with zero attached hydrogens (tertiary/aromatic N) is 3. The lowest BCUT2D eigenvalue weighted by molar-refractivity contribution is -0.421. The molecular weight excluding hydrogens is 335 g/mol. The molecule has 0 heterocycles. The van der Waals surface area contributed by atoms with Crippen LogP contribution in [0.4, 0.5) is 21.5 Å². The zero-order valence-corrected chi connectivity index (χ0v) is 12.8. The Bertz CT molecular complexity index is 897. The number of aryl methyl sites for hydroxylation is 1. The Labute approximate surface area is 140 Å². The molecule has 0 bridgehead atoms. The molecule has 25 heavy (non-hydrogen) atoms. The number of hydrogen-bond acceptors (Lipinski definition) is 7. The quantitative estimate of drug-likeness (QED) is 0.370. The highest BCUT2D eigenvalue weighted by atomic mass is 19.1. The minimum atomic E-state index is -0.915. The van der Waals surface area contributed by atoms with Gasteiger partial charge in [0.2, 0.25) is 5.78 Å². The number of ketones is 1. The number of carbonyl (C=O) groups is 1. The van der Waals surface area contributed by atoms with Gasteiger partial charge in [0.05, 0.1) is 16.1 Å². The van der Waals surface area contributed by atoms with Crippen LogP contribution < -0.4 is 5.43 Å². The van der Waals surface area contributed by atoms with Gasteiger partial charge in [-0.2, -0.15) is 5.10 Å². The Balaban J connectivity index is 2.25. The average molecular weight is 346 g/mol. The van der Waals surface area contributed by atoms with Gasteiger partial charge in [-0.1, -0.05) is 6.07 Å². The number of benzene rings is 2. The Morgan fingerprint density at radius 1 is 1.20 bits per heavy atom. The van der Waals surface area contributed by atoms with Gasteiger partial charge in [-0.15, -0.1) is 0 Å². The summed E-state index contributed by atoms with van der Waals surface area (Å²) in [6.45, 7) is 1.54. The van der Waals surface area contributed by atoms with E-state index in [-0.39, 0.29) is 11.3 Å². The Morgan fingerprint density at radius 3 is 2.52 bits per heavy atom. The Kier molecular flexibility index (Phi) is 5.12. The molecule has 1 N–H and O–H groups in total. The van der Waals surface area contributed by atoms with E-state index in [1.807, 2.05) is 0 Å². The summed E-state index contributed by atoms with van der Waals surface area (Å²) in [6.07, 6.45) is 0.850. The van der Waals surface area contributed by atoms with Gasteiger partial charge >= 0.3 is 11.4 Å². The highest BCUT2D eigenvalue weighted by Gasteiger charge is 2.28. The van der Waals surface area contributed by atoms with Crippen LogP contribution in [0.15, 0.2) is 41.5 Å². The van der Waals surface area contributed by atoms with E-state index in [4.69, 9.17) is 0 Å². The lowest BCUT2D eigenvalue weighted by Crippen LogP contribution is -2.06. The minimum Gasteiger partial charge on any atom is -0.287 e. The van der Waals surface area contributed by atoms with Gasteiger partial charge in [0.25, 0.3) is 0 Å². The van der Waals surface area contributed by atoms with Crippen LogP contribution in [-0.4, -0.2) is 21.8 Å². The van der Waals surface area contributed by atoms with Crippen molar-refractivity contribution in [2.75, 3.05) is 5.43 Å². The number of nitrogens with one attached hydrogen (secondary N) is 1. The fourth-order valence-electron chi connectivity index (χ4n) is 2.09. The van der Waals surface area contributed by atoms with Crippen molar-refractivity contribution in [2.24, 2.45) is 5.10 Å². The van der Waals surface area contributed by atoms with Gasteiger partial charge in [0.15, 0.2) is 0 Å². The van der Waals surface area contributed by atoms with Crippen molar-refractivity contribution in [1.82, 2.24) is 0 Å². The summed E-state index contributed by atoms with van der Waals surface area (Å²) in [7, 11) is 0. The van der Waals surface area contributed by atoms with E-state index in [0.717, 1.165) is 18.3 Å². The van der Waals surface area contributed by atoms with E-state index in [1.165, 1.54) is 24.3 Å². The smallest absolute Gasteiger partial charge is 0.287 e. The molecule has 0 aliphatic rings. The standard InChI is InChI=1S/C15H11FN4O5/c1-9-7-10(16)5-6-11(9)14(21)8-17-18-12-3-2-4-13(19(22)23)15(12)20(24)25/h2-8,18H,1H3/b17-8-. The largest absolute Gasteiger partial charge is 0.370 e. The Morgan fingerprint density at radius 2 is 1.92 bits per heavy atom. The fourth-order valence-corrected chi connectivity index (χ4v) is 2.09. The third-order valence-corrected chi connectivity index (χ3v) is 3.21. The molecule has 0 atom stereocenters. The van der Waals surface area contributed by atoms with E-state index in [1.54, 1.807) is 6.92 Å². The van der Waals surface area contributed by atoms with Gasteiger partial charge < -0.3 is 0 Å². The summed E-state index contributed by atoms with van der Waals surface area (Å²) < 4.78 is 13.0. The second kappa shape index (κ2) is 7.25. The van der Waals surface area contributed by atoms with Gasteiger partial charge in [-0.05, 0) is 36.8 Å². The molecule has 2 aromatic rings. The van der Waals surface area contributed by atoms with Crippen molar-refractivity contribution < 1.29 is 19.0 Å². The molecule has 9 nitrogen and oxygen atoms in total. The van der Waals surface area contributed by atoms with E-state index in [9.17, 15) is 29.4 Å². The number of halogens is 1. The van der Waals surface area contributed by atoms with Crippen LogP contribution >= 0.6 is 0 Å². The first kappa shape index (κ1) is 17.7. The molecule has 0 saturated carbocycles. The number of hydrazone groups is 1. The van der Waals surface area contributed by atoms with Crippen LogP contribution in [0.25, 0.3) is 0 Å². The average Bonchev–Trinajstić information content (AvgIpc) is 2.54. The van der Waals surface area contributed by atoms with Crippen LogP contribution in [0.2, 0.25) is 0 Å². The third kappa shape index (κ3) is 3.99. The number of hydrogen-bond donors (Lipinski definition) is 1. The number of nitro groups is 2. The summed E-state index contributed by atoms with van der Waals surface area (Å²) in [5.74, 6) is -1.05. The van der Waals surface area contributed by atoms with Gasteiger partial charge in [-0.25, -0.2) is 4.39 Å². The van der Waals surface area contributed by atoms with Crippen molar-refractivity contribution in [3.05, 3.63) is 73.6 Å². The molecule has 0 spiro atoms. The van der Waals surface area contributed by atoms with Gasteiger partial charge in [-0.3, -0.25) is 30.4 Å². The number of para-hydroxylation sites is 1. The number of anilines is 1. The van der Waals surface area contributed by atoms with Crippen LogP contribution in [0, 0.1) is 33.0 Å². The second-order valence-electron chi connectivity index (χ2n) is 4.88. The van der Waals surface area contributed by atoms with E-state index < -0.39 is 32.8 Å². The number of rotatable bonds is 6. The highest BCUT2D eigenvalue weighted by molar-refractivity contribution is 6.35. The first-order valence-electron chi connectivity index (χ1n) is 6.82. The molecule has 128 valence electrons. The molecule has 0 radical (unpaired) electrons. The minimum absolute atomic E-state index is 0.209. The molecular formula is C15H11FN4O5. The van der Waals surface area contributed by atoms with E-state index >= 15 is 0 Å². The van der Waals surface area contributed by atoms with Crippen molar-refractivity contribution in [1.29, 1.82) is 0 Å². The molecule has 0 saturated heterocycles. The molecule has 0 fully saturated rings. The molecule has 2 rings (SSSR count). The molecule has 0 aliphatic heterocycles. The molecule has 0 unspecified atom stereocenters. The maximum Gasteiger partial charge on any atom is 0.370 e. The number of carbonyl (C=O) groups excluding carboxylic acids is 1. The van der Waals surface area contributed by atoms with Crippen LogP contribution in [0.1, 0.15) is 15.9 Å². The first-order valence-corrected chi connectivity index (χ1v) is 6.82. The predicted octanol–water partition coefficient (Wildman–Crippen LogP) is 3.23. The number of Topliss-reactive ketones (excluding diaryl/α,β-unsaturated/α-hetero) is 1. The summed E-state index contributed by atoms with van der Waals surface area (Å²) in [5, 5.41) is 25.5. The molecule has 0 aromatic heterocycles. The first-order chi connectivity index (χ1) is 11.8. The second-order valence-corrected chi connectivity index (χ2v) is 4.88. The topological polar surface area (TPSA) is 128 Å². The molecule has 10 heteroatoms. The van der Waals surface area contributed by atoms with Crippen molar-refractivity contribution >= 4 is 29.1 Å². The highest BCUT2D eigenvalue weighted by Crippen LogP contribution is 2.34. The predicted molar refractivity (Wildman–Crippen MR) is 87.3 cm³/mol. The SMILES string of the molecule is Cc1cc(F)ccc1C(=O)/C=N\Nc1cccc([N+](=O)[O-])c1[N+](=O)[O-]. The zero-order valence-electron chi connectivity index (χ0n) is 12.8. The van der Waals surface area contributed by atoms with Crippen molar-refractivity contribution in [2.45, 2.75) is 6.92 Å². The lowest BCUT2D eigenvalue weighted by Gasteiger charge is -2.03. The van der Waals surface area contributed by atoms with Crippen LogP contribution in [-0.2, 0) is 0 Å². The summed E-state index contributed by atoms with van der Waals surface area (Å²) in [4.78, 5) is 32.1. The third-order valence-electron chi connectivity index (χ3n) is 3.21. The van der Waals surface area contributed by atoms with Crippen molar-refractivity contribution in [3.8, 4) is 0 Å². The summed E-state index contributed by atoms with van der Waals surface area (Å²) in [6, 6.07) is 7.03. The van der Waals surface area contributed by atoms with Crippen LogP contribution in [0.5, 0.6) is 0 Å². The number of nitro benzene ring substituents is 2. The zero-order chi connectivity index (χ0) is 18.6. The van der Waals surface area contributed by atoms with Gasteiger partial charge in [0, 0.05) is 11.6 Å². The summed E-state index contributed by atoms with van der Waals surface area (Å²) >= 11 is 0. The van der Waals surface area contributed by atoms with E-state index in [2.05, 4.69) is 10.5 Å². The van der Waals surface area contributed by atoms with E-state index in [0.29, 0.717) is 5.56 Å². The molecule has 0 aliphatic carbocycles. The molecule has 2 aromatic carbocycles. The Hall–Kier alpha value is -3.69. The van der Waals surface area contributed by atoms with Crippen molar-refractivity contribution in [3.63, 3.8) is 0 Å².